The van der Waals surface area contributed by atoms with E-state index in [4.69, 9.17) is 18.9 Å². The van der Waals surface area contributed by atoms with Crippen molar-refractivity contribution in [2.24, 2.45) is 0 Å². The number of aliphatic hydroxyl groups is 6. The van der Waals surface area contributed by atoms with Gasteiger partial charge in [-0.05, 0) is 17.7 Å². The van der Waals surface area contributed by atoms with Crippen molar-refractivity contribution in [3.8, 4) is 5.75 Å². The molecule has 0 aliphatic carbocycles. The summed E-state index contributed by atoms with van der Waals surface area (Å²) >= 11 is 0. The zero-order valence-corrected chi connectivity index (χ0v) is 16.5. The fraction of sp³-hybridized carbons (Fsp3) is 0.600. The third-order valence-electron chi connectivity index (χ3n) is 5.11. The standard InChI is InChI=1S/C20H28O11/c21-11-5-3-10(4-6-11)2-1-7-28-20-18(27)16(25)15(24)13(31-20)9-30-19-17(26)14(23)12(22)8-29-19/h1-6,12-27H,7-9H2/b2-1+/t12-,13-,14-,15+,16+,17-,18-,19-,20-/m1/s1. The number of hydrogen-bond acceptors (Lipinski definition) is 11. The highest BCUT2D eigenvalue weighted by Gasteiger charge is 2.45. The molecule has 1 aromatic rings. The average molecular weight is 444 g/mol. The van der Waals surface area contributed by atoms with Crippen molar-refractivity contribution in [2.45, 2.75) is 55.3 Å². The van der Waals surface area contributed by atoms with Crippen LogP contribution in [0.2, 0.25) is 0 Å². The summed E-state index contributed by atoms with van der Waals surface area (Å²) in [6, 6.07) is 6.46. The van der Waals surface area contributed by atoms with Gasteiger partial charge in [0, 0.05) is 0 Å². The number of phenols is 1. The van der Waals surface area contributed by atoms with E-state index in [-0.39, 0.29) is 25.6 Å². The molecule has 31 heavy (non-hydrogen) atoms. The number of ether oxygens (including phenoxy) is 4. The number of phenolic OH excluding ortho intramolecular Hbond substituents is 1. The zero-order valence-electron chi connectivity index (χ0n) is 16.5. The Hall–Kier alpha value is -1.64. The van der Waals surface area contributed by atoms with Crippen molar-refractivity contribution in [2.75, 3.05) is 19.8 Å². The van der Waals surface area contributed by atoms with Gasteiger partial charge in [0.05, 0.1) is 19.8 Å². The predicted molar refractivity (Wildman–Crippen MR) is 103 cm³/mol. The smallest absolute Gasteiger partial charge is 0.187 e. The van der Waals surface area contributed by atoms with Gasteiger partial charge in [-0.2, -0.15) is 0 Å². The van der Waals surface area contributed by atoms with Gasteiger partial charge in [0.25, 0.3) is 0 Å². The molecule has 174 valence electrons. The molecular weight excluding hydrogens is 416 g/mol. The fourth-order valence-corrected chi connectivity index (χ4v) is 3.23. The Kier molecular flexibility index (Phi) is 8.36. The highest BCUT2D eigenvalue weighted by Crippen LogP contribution is 2.24. The molecule has 2 heterocycles. The minimum Gasteiger partial charge on any atom is -0.508 e. The molecule has 11 nitrogen and oxygen atoms in total. The summed E-state index contributed by atoms with van der Waals surface area (Å²) in [6.07, 6.45) is -9.10. The maximum Gasteiger partial charge on any atom is 0.187 e. The molecule has 2 aliphatic heterocycles. The molecule has 1 aromatic carbocycles. The second-order valence-electron chi connectivity index (χ2n) is 7.43. The van der Waals surface area contributed by atoms with Crippen LogP contribution in [0.1, 0.15) is 5.56 Å². The van der Waals surface area contributed by atoms with E-state index >= 15 is 0 Å². The molecule has 3 rings (SSSR count). The van der Waals surface area contributed by atoms with Crippen molar-refractivity contribution in [1.82, 2.24) is 0 Å². The Bertz CT molecular complexity index is 712. The predicted octanol–water partition coefficient (Wildman–Crippen LogP) is -2.31. The monoisotopic (exact) mass is 444 g/mol. The topological polar surface area (TPSA) is 179 Å². The fourth-order valence-electron chi connectivity index (χ4n) is 3.23. The summed E-state index contributed by atoms with van der Waals surface area (Å²) < 4.78 is 21.4. The van der Waals surface area contributed by atoms with E-state index < -0.39 is 55.3 Å². The largest absolute Gasteiger partial charge is 0.508 e. The molecule has 0 saturated carbocycles. The van der Waals surface area contributed by atoms with E-state index in [2.05, 4.69) is 0 Å². The first-order valence-electron chi connectivity index (χ1n) is 9.82. The van der Waals surface area contributed by atoms with E-state index in [0.717, 1.165) is 5.56 Å². The Morgan fingerprint density at radius 2 is 1.52 bits per heavy atom. The van der Waals surface area contributed by atoms with Crippen LogP contribution in [0.5, 0.6) is 5.75 Å². The zero-order chi connectivity index (χ0) is 22.5. The highest BCUT2D eigenvalue weighted by atomic mass is 16.7. The van der Waals surface area contributed by atoms with Gasteiger partial charge in [-0.25, -0.2) is 0 Å². The molecular formula is C20H28O11. The normalized spacial score (nSPS) is 39.1. The number of benzene rings is 1. The van der Waals surface area contributed by atoms with Crippen LogP contribution < -0.4 is 0 Å². The van der Waals surface area contributed by atoms with E-state index in [9.17, 15) is 35.7 Å². The maximum atomic E-state index is 10.2. The molecule has 0 radical (unpaired) electrons. The van der Waals surface area contributed by atoms with Crippen LogP contribution in [0.15, 0.2) is 30.3 Å². The molecule has 0 unspecified atom stereocenters. The molecule has 0 bridgehead atoms. The van der Waals surface area contributed by atoms with Crippen LogP contribution >= 0.6 is 0 Å². The quantitative estimate of drug-likeness (QED) is 0.240. The van der Waals surface area contributed by atoms with Crippen molar-refractivity contribution in [3.05, 3.63) is 35.9 Å². The Morgan fingerprint density at radius 1 is 0.839 bits per heavy atom. The van der Waals surface area contributed by atoms with Crippen molar-refractivity contribution in [1.29, 1.82) is 0 Å². The summed E-state index contributed by atoms with van der Waals surface area (Å²) in [4.78, 5) is 0. The second-order valence-corrected chi connectivity index (χ2v) is 7.43. The average Bonchev–Trinajstić information content (AvgIpc) is 2.76. The lowest BCUT2D eigenvalue weighted by molar-refractivity contribution is -0.319. The summed E-state index contributed by atoms with van der Waals surface area (Å²) in [5, 5.41) is 68.7. The Balaban J connectivity index is 1.51. The van der Waals surface area contributed by atoms with Crippen LogP contribution in [0.4, 0.5) is 0 Å². The van der Waals surface area contributed by atoms with Gasteiger partial charge in [-0.1, -0.05) is 24.3 Å². The van der Waals surface area contributed by atoms with Crippen LogP contribution in [0.25, 0.3) is 6.08 Å². The molecule has 0 amide bonds. The molecule has 7 N–H and O–H groups in total. The van der Waals surface area contributed by atoms with Crippen LogP contribution in [-0.2, 0) is 18.9 Å². The van der Waals surface area contributed by atoms with Gasteiger partial charge in [0.1, 0.15) is 48.5 Å². The van der Waals surface area contributed by atoms with Crippen LogP contribution in [0, 0.1) is 0 Å². The lowest BCUT2D eigenvalue weighted by Crippen LogP contribution is -2.60. The number of hydrogen-bond donors (Lipinski definition) is 7. The van der Waals surface area contributed by atoms with E-state index in [1.807, 2.05) is 0 Å². The molecule has 0 spiro atoms. The van der Waals surface area contributed by atoms with Crippen LogP contribution in [0.3, 0.4) is 0 Å². The van der Waals surface area contributed by atoms with Gasteiger partial charge in [-0.15, -0.1) is 0 Å². The van der Waals surface area contributed by atoms with E-state index in [0.29, 0.717) is 0 Å². The van der Waals surface area contributed by atoms with E-state index in [1.165, 1.54) is 12.1 Å². The lowest BCUT2D eigenvalue weighted by atomic mass is 9.99. The first-order valence-corrected chi connectivity index (χ1v) is 9.82. The third kappa shape index (κ3) is 5.99. The van der Waals surface area contributed by atoms with Gasteiger partial charge < -0.3 is 54.7 Å². The number of aliphatic hydroxyl groups excluding tert-OH is 6. The summed E-state index contributed by atoms with van der Waals surface area (Å²) in [5.41, 5.74) is 0.812. The first kappa shape index (κ1) is 24.0. The van der Waals surface area contributed by atoms with Gasteiger partial charge in [0.15, 0.2) is 12.6 Å². The van der Waals surface area contributed by atoms with Crippen molar-refractivity contribution < 1.29 is 54.7 Å². The van der Waals surface area contributed by atoms with Crippen molar-refractivity contribution >= 4 is 6.08 Å². The molecule has 2 aliphatic rings. The minimum absolute atomic E-state index is 0.0214. The highest BCUT2D eigenvalue weighted by molar-refractivity contribution is 5.50. The molecule has 0 aromatic heterocycles. The summed E-state index contributed by atoms with van der Waals surface area (Å²) in [7, 11) is 0. The van der Waals surface area contributed by atoms with Gasteiger partial charge in [0.2, 0.25) is 0 Å². The van der Waals surface area contributed by atoms with E-state index in [1.54, 1.807) is 24.3 Å². The second kappa shape index (κ2) is 10.8. The summed E-state index contributed by atoms with van der Waals surface area (Å²) in [6.45, 7) is -0.580. The SMILES string of the molecule is Oc1ccc(/C=C/CO[C@@H]2O[C@H](CO[C@H]3OC[C@@H](O)[C@@H](O)[C@H]3O)[C@H](O)[C@H](O)[C@H]2O)cc1. The summed E-state index contributed by atoms with van der Waals surface area (Å²) in [5.74, 6) is 0.143. The first-order chi connectivity index (χ1) is 14.8. The molecule has 11 heteroatoms. The van der Waals surface area contributed by atoms with Gasteiger partial charge >= 0.3 is 0 Å². The van der Waals surface area contributed by atoms with Crippen LogP contribution in [-0.4, -0.2) is 111 Å². The molecule has 2 fully saturated rings. The Morgan fingerprint density at radius 3 is 2.23 bits per heavy atom. The Labute approximate surface area is 178 Å². The van der Waals surface area contributed by atoms with Gasteiger partial charge in [-0.3, -0.25) is 0 Å². The third-order valence-corrected chi connectivity index (χ3v) is 5.11. The number of rotatable bonds is 7. The maximum absolute atomic E-state index is 10.2. The minimum atomic E-state index is -1.57. The van der Waals surface area contributed by atoms with Crippen molar-refractivity contribution in [3.63, 3.8) is 0 Å². The molecule has 2 saturated heterocycles. The number of aromatic hydroxyl groups is 1. The molecule has 9 atom stereocenters. The lowest BCUT2D eigenvalue weighted by Gasteiger charge is -2.41.